The zero-order valence-corrected chi connectivity index (χ0v) is 17.3. The molecule has 2 atom stereocenters. The highest BCUT2D eigenvalue weighted by molar-refractivity contribution is 6.30. The van der Waals surface area contributed by atoms with E-state index in [2.05, 4.69) is 58.8 Å². The molecule has 7 heteroatoms. The molecule has 1 saturated heterocycles. The Hall–Kier alpha value is -2.54. The molecule has 4 rings (SSSR count). The van der Waals surface area contributed by atoms with Gasteiger partial charge < -0.3 is 14.6 Å². The minimum atomic E-state index is -0.173. The SMILES string of the molecule is CCn1c(C2CC(NC(=O)COc3ccc(Cl)cc3)NN2)c(C)c2ccccc21. The molecule has 0 spiro atoms. The van der Waals surface area contributed by atoms with Crippen LogP contribution in [0.15, 0.2) is 48.5 Å². The third-order valence-corrected chi connectivity index (χ3v) is 5.59. The van der Waals surface area contributed by atoms with Gasteiger partial charge in [-0.2, -0.15) is 0 Å². The van der Waals surface area contributed by atoms with Gasteiger partial charge in [0.1, 0.15) is 5.75 Å². The summed E-state index contributed by atoms with van der Waals surface area (Å²) < 4.78 is 7.86. The Balaban J connectivity index is 1.39. The summed E-state index contributed by atoms with van der Waals surface area (Å²) in [7, 11) is 0. The number of nitrogens with one attached hydrogen (secondary N) is 3. The second kappa shape index (κ2) is 8.45. The first-order valence-electron chi connectivity index (χ1n) is 9.83. The first-order chi connectivity index (χ1) is 14.1. The Kier molecular flexibility index (Phi) is 5.76. The van der Waals surface area contributed by atoms with Crippen LogP contribution in [0, 0.1) is 6.92 Å². The number of amides is 1. The first kappa shape index (κ1) is 19.8. The lowest BCUT2D eigenvalue weighted by atomic mass is 10.1. The fourth-order valence-electron chi connectivity index (χ4n) is 4.03. The number of hydrazine groups is 1. The highest BCUT2D eigenvalue weighted by atomic mass is 35.5. The van der Waals surface area contributed by atoms with Crippen molar-refractivity contribution in [1.29, 1.82) is 0 Å². The number of carbonyl (C=O) groups excluding carboxylic acids is 1. The zero-order chi connectivity index (χ0) is 20.4. The molecule has 1 aromatic heterocycles. The molecule has 152 valence electrons. The molecular weight excluding hydrogens is 388 g/mol. The zero-order valence-electron chi connectivity index (χ0n) is 16.5. The Morgan fingerprint density at radius 2 is 1.97 bits per heavy atom. The monoisotopic (exact) mass is 412 g/mol. The van der Waals surface area contributed by atoms with Gasteiger partial charge in [-0.05, 0) is 49.7 Å². The number of nitrogens with zero attached hydrogens (tertiary/aromatic N) is 1. The Bertz CT molecular complexity index is 1020. The summed E-state index contributed by atoms with van der Waals surface area (Å²) in [6.45, 7) is 5.18. The molecule has 0 radical (unpaired) electrons. The lowest BCUT2D eigenvalue weighted by Gasteiger charge is -2.15. The van der Waals surface area contributed by atoms with Crippen LogP contribution in [-0.2, 0) is 11.3 Å². The predicted octanol–water partition coefficient (Wildman–Crippen LogP) is 3.68. The summed E-state index contributed by atoms with van der Waals surface area (Å²) in [5, 5.41) is 4.88. The Labute approximate surface area is 175 Å². The molecule has 0 saturated carbocycles. The number of aryl methyl sites for hydroxylation is 2. The van der Waals surface area contributed by atoms with E-state index >= 15 is 0 Å². The summed E-state index contributed by atoms with van der Waals surface area (Å²) in [4.78, 5) is 12.3. The molecule has 2 aromatic carbocycles. The molecule has 2 unspecified atom stereocenters. The minimum Gasteiger partial charge on any atom is -0.484 e. The van der Waals surface area contributed by atoms with E-state index in [0.717, 1.165) is 13.0 Å². The van der Waals surface area contributed by atoms with Crippen LogP contribution in [-0.4, -0.2) is 23.2 Å². The van der Waals surface area contributed by atoms with Gasteiger partial charge in [0.2, 0.25) is 0 Å². The van der Waals surface area contributed by atoms with Crippen molar-refractivity contribution < 1.29 is 9.53 Å². The summed E-state index contributed by atoms with van der Waals surface area (Å²) in [5.41, 5.74) is 10.3. The molecular formula is C22H25ClN4O2. The maximum absolute atomic E-state index is 12.3. The number of ether oxygens (including phenoxy) is 1. The number of hydrogen-bond donors (Lipinski definition) is 3. The van der Waals surface area contributed by atoms with Crippen LogP contribution in [0.4, 0.5) is 0 Å². The highest BCUT2D eigenvalue weighted by Gasteiger charge is 2.30. The van der Waals surface area contributed by atoms with Crippen molar-refractivity contribution in [3.63, 3.8) is 0 Å². The second-order valence-electron chi connectivity index (χ2n) is 7.21. The van der Waals surface area contributed by atoms with Crippen molar-refractivity contribution in [3.05, 3.63) is 64.8 Å². The molecule has 0 aliphatic carbocycles. The van der Waals surface area contributed by atoms with Crippen LogP contribution in [0.2, 0.25) is 5.02 Å². The van der Waals surface area contributed by atoms with Crippen LogP contribution in [0.3, 0.4) is 0 Å². The molecule has 0 bridgehead atoms. The molecule has 29 heavy (non-hydrogen) atoms. The normalized spacial score (nSPS) is 18.9. The van der Waals surface area contributed by atoms with E-state index in [9.17, 15) is 4.79 Å². The van der Waals surface area contributed by atoms with Gasteiger partial charge in [0.15, 0.2) is 6.61 Å². The fraction of sp³-hybridized carbons (Fsp3) is 0.318. The summed E-state index contributed by atoms with van der Waals surface area (Å²) in [5.74, 6) is 0.440. The minimum absolute atomic E-state index is 0.0429. The average Bonchev–Trinajstić information content (AvgIpc) is 3.29. The summed E-state index contributed by atoms with van der Waals surface area (Å²) in [6, 6.07) is 15.5. The number of aromatic nitrogens is 1. The lowest BCUT2D eigenvalue weighted by Crippen LogP contribution is -2.45. The topological polar surface area (TPSA) is 67.3 Å². The number of fused-ring (bicyclic) bond motifs is 1. The number of rotatable bonds is 6. The maximum Gasteiger partial charge on any atom is 0.259 e. The van der Waals surface area contributed by atoms with Gasteiger partial charge in [-0.1, -0.05) is 29.8 Å². The maximum atomic E-state index is 12.3. The molecule has 1 amide bonds. The van der Waals surface area contributed by atoms with Crippen LogP contribution in [0.25, 0.3) is 10.9 Å². The lowest BCUT2D eigenvalue weighted by molar-refractivity contribution is -0.123. The molecule has 3 N–H and O–H groups in total. The van der Waals surface area contributed by atoms with Gasteiger partial charge in [0.05, 0.1) is 12.2 Å². The van der Waals surface area contributed by atoms with E-state index in [4.69, 9.17) is 16.3 Å². The molecule has 2 heterocycles. The van der Waals surface area contributed by atoms with Crippen molar-refractivity contribution in [3.8, 4) is 5.75 Å². The van der Waals surface area contributed by atoms with Crippen LogP contribution >= 0.6 is 11.6 Å². The highest BCUT2D eigenvalue weighted by Crippen LogP contribution is 2.32. The van der Waals surface area contributed by atoms with Gasteiger partial charge in [-0.25, -0.2) is 10.9 Å². The van der Waals surface area contributed by atoms with E-state index in [-0.39, 0.29) is 24.7 Å². The number of halogens is 1. The third-order valence-electron chi connectivity index (χ3n) is 5.34. The van der Waals surface area contributed by atoms with Crippen molar-refractivity contribution in [2.45, 2.75) is 39.0 Å². The third kappa shape index (κ3) is 4.10. The van der Waals surface area contributed by atoms with E-state index in [1.54, 1.807) is 24.3 Å². The number of hydrogen-bond acceptors (Lipinski definition) is 4. The molecule has 1 aliphatic heterocycles. The van der Waals surface area contributed by atoms with E-state index in [1.165, 1.54) is 22.2 Å². The molecule has 6 nitrogen and oxygen atoms in total. The van der Waals surface area contributed by atoms with Crippen LogP contribution in [0.5, 0.6) is 5.75 Å². The van der Waals surface area contributed by atoms with E-state index in [1.807, 2.05) is 0 Å². The number of benzene rings is 2. The van der Waals surface area contributed by atoms with Crippen molar-refractivity contribution in [2.24, 2.45) is 0 Å². The average molecular weight is 413 g/mol. The van der Waals surface area contributed by atoms with Gasteiger partial charge in [-0.3, -0.25) is 4.79 Å². The van der Waals surface area contributed by atoms with Crippen molar-refractivity contribution in [1.82, 2.24) is 20.7 Å². The summed E-state index contributed by atoms with van der Waals surface area (Å²) >= 11 is 5.86. The van der Waals surface area contributed by atoms with Gasteiger partial charge >= 0.3 is 0 Å². The van der Waals surface area contributed by atoms with Crippen LogP contribution < -0.4 is 20.9 Å². The molecule has 1 fully saturated rings. The quantitative estimate of drug-likeness (QED) is 0.577. The van der Waals surface area contributed by atoms with Gasteiger partial charge in [0, 0.05) is 34.6 Å². The van der Waals surface area contributed by atoms with Crippen LogP contribution in [0.1, 0.15) is 30.6 Å². The van der Waals surface area contributed by atoms with E-state index in [0.29, 0.717) is 10.8 Å². The number of carbonyl (C=O) groups is 1. The predicted molar refractivity (Wildman–Crippen MR) is 115 cm³/mol. The van der Waals surface area contributed by atoms with E-state index < -0.39 is 0 Å². The molecule has 1 aliphatic rings. The van der Waals surface area contributed by atoms with Gasteiger partial charge in [0.25, 0.3) is 5.91 Å². The van der Waals surface area contributed by atoms with Gasteiger partial charge in [-0.15, -0.1) is 0 Å². The smallest absolute Gasteiger partial charge is 0.259 e. The number of para-hydroxylation sites is 1. The first-order valence-corrected chi connectivity index (χ1v) is 10.2. The second-order valence-corrected chi connectivity index (χ2v) is 7.65. The Morgan fingerprint density at radius 3 is 2.72 bits per heavy atom. The summed E-state index contributed by atoms with van der Waals surface area (Å²) in [6.07, 6.45) is 0.591. The Morgan fingerprint density at radius 1 is 1.21 bits per heavy atom. The largest absolute Gasteiger partial charge is 0.484 e. The fourth-order valence-corrected chi connectivity index (χ4v) is 4.16. The van der Waals surface area contributed by atoms with Crippen molar-refractivity contribution in [2.75, 3.05) is 6.61 Å². The van der Waals surface area contributed by atoms with Crippen molar-refractivity contribution >= 4 is 28.4 Å². The molecule has 3 aromatic rings. The standard InChI is InChI=1S/C22H25ClN4O2/c1-3-27-19-7-5-4-6-17(19)14(2)22(27)18-12-20(26-25-18)24-21(28)13-29-16-10-8-15(23)9-11-16/h4-11,18,20,25-26H,3,12-13H2,1-2H3,(H,24,28).